The van der Waals surface area contributed by atoms with Crippen LogP contribution in [0.5, 0.6) is 11.5 Å². The molecule has 0 spiro atoms. The Labute approximate surface area is 121 Å². The molecule has 3 rings (SSSR count). The summed E-state index contributed by atoms with van der Waals surface area (Å²) in [5.41, 5.74) is 8.71. The van der Waals surface area contributed by atoms with Gasteiger partial charge in [0.2, 0.25) is 0 Å². The van der Waals surface area contributed by atoms with Crippen molar-refractivity contribution in [2.45, 2.75) is 17.8 Å². The van der Waals surface area contributed by atoms with E-state index in [0.717, 1.165) is 22.2 Å². The van der Waals surface area contributed by atoms with Crippen LogP contribution in [0.15, 0.2) is 29.6 Å². The highest BCUT2D eigenvalue weighted by Crippen LogP contribution is 2.36. The summed E-state index contributed by atoms with van der Waals surface area (Å²) in [4.78, 5) is 8.59. The molecule has 0 saturated heterocycles. The van der Waals surface area contributed by atoms with Crippen LogP contribution in [0.2, 0.25) is 0 Å². The van der Waals surface area contributed by atoms with E-state index in [4.69, 9.17) is 15.2 Å². The molecule has 0 bridgehead atoms. The first-order chi connectivity index (χ1) is 9.72. The zero-order valence-electron chi connectivity index (χ0n) is 11.1. The maximum atomic E-state index is 6.05. The Hall–Kier alpha value is -1.95. The minimum Gasteiger partial charge on any atom is -0.486 e. The van der Waals surface area contributed by atoms with Gasteiger partial charge in [0.1, 0.15) is 13.2 Å². The fourth-order valence-electron chi connectivity index (χ4n) is 1.91. The first-order valence-corrected chi connectivity index (χ1v) is 7.31. The van der Waals surface area contributed by atoms with Crippen molar-refractivity contribution in [3.05, 3.63) is 35.7 Å². The minimum absolute atomic E-state index is 0.567. The first-order valence-electron chi connectivity index (χ1n) is 6.33. The van der Waals surface area contributed by atoms with Crippen molar-refractivity contribution in [1.82, 2.24) is 9.97 Å². The monoisotopic (exact) mass is 289 g/mol. The number of nitrogens with zero attached hydrogens (tertiary/aromatic N) is 2. The van der Waals surface area contributed by atoms with E-state index >= 15 is 0 Å². The van der Waals surface area contributed by atoms with Crippen molar-refractivity contribution in [2.75, 3.05) is 18.9 Å². The largest absolute Gasteiger partial charge is 0.486 e. The summed E-state index contributed by atoms with van der Waals surface area (Å²) < 4.78 is 11.1. The number of nitrogen functional groups attached to an aromatic ring is 1. The number of ether oxygens (including phenoxy) is 2. The van der Waals surface area contributed by atoms with Gasteiger partial charge < -0.3 is 15.2 Å². The number of hydrogen-bond donors (Lipinski definition) is 1. The van der Waals surface area contributed by atoms with Gasteiger partial charge >= 0.3 is 0 Å². The number of benzene rings is 1. The number of aromatic nitrogens is 2. The van der Waals surface area contributed by atoms with E-state index < -0.39 is 0 Å². The van der Waals surface area contributed by atoms with E-state index in [-0.39, 0.29) is 0 Å². The molecule has 5 nitrogen and oxygen atoms in total. The molecule has 0 unspecified atom stereocenters. The normalized spacial score (nSPS) is 13.2. The van der Waals surface area contributed by atoms with Gasteiger partial charge in [0.15, 0.2) is 16.7 Å². The van der Waals surface area contributed by atoms with E-state index in [2.05, 4.69) is 9.97 Å². The van der Waals surface area contributed by atoms with Gasteiger partial charge in [-0.2, -0.15) is 0 Å². The highest BCUT2D eigenvalue weighted by molar-refractivity contribution is 7.98. The van der Waals surface area contributed by atoms with Gasteiger partial charge in [0, 0.05) is 29.4 Å². The number of thioether (sulfide) groups is 1. The van der Waals surface area contributed by atoms with Crippen LogP contribution in [-0.4, -0.2) is 23.2 Å². The van der Waals surface area contributed by atoms with E-state index in [1.165, 1.54) is 0 Å². The quantitative estimate of drug-likeness (QED) is 0.531. The summed E-state index contributed by atoms with van der Waals surface area (Å²) in [6, 6.07) is 5.64. The van der Waals surface area contributed by atoms with Crippen molar-refractivity contribution in [3.8, 4) is 11.5 Å². The summed E-state index contributed by atoms with van der Waals surface area (Å²) in [6.07, 6.45) is 1.76. The molecule has 104 valence electrons. The topological polar surface area (TPSA) is 70.3 Å². The number of anilines is 1. The van der Waals surface area contributed by atoms with Crippen molar-refractivity contribution in [3.63, 3.8) is 0 Å². The summed E-state index contributed by atoms with van der Waals surface area (Å²) in [6.45, 7) is 3.09. The summed E-state index contributed by atoms with van der Waals surface area (Å²) in [5.74, 6) is 2.17. The summed E-state index contributed by atoms with van der Waals surface area (Å²) >= 11 is 1.55. The third-order valence-electron chi connectivity index (χ3n) is 2.93. The maximum Gasteiger partial charge on any atom is 0.188 e. The van der Waals surface area contributed by atoms with Gasteiger partial charge in [-0.3, -0.25) is 0 Å². The molecule has 1 aromatic heterocycles. The van der Waals surface area contributed by atoms with Crippen LogP contribution in [-0.2, 0) is 5.75 Å². The summed E-state index contributed by atoms with van der Waals surface area (Å²) in [7, 11) is 0. The molecule has 6 heteroatoms. The second-order valence-corrected chi connectivity index (χ2v) is 5.41. The lowest BCUT2D eigenvalue weighted by Crippen LogP contribution is -2.15. The molecule has 0 amide bonds. The molecule has 0 saturated carbocycles. The van der Waals surface area contributed by atoms with Crippen LogP contribution in [0.4, 0.5) is 5.69 Å². The predicted molar refractivity (Wildman–Crippen MR) is 78.2 cm³/mol. The Bertz CT molecular complexity index is 634. The second-order valence-electron chi connectivity index (χ2n) is 4.46. The van der Waals surface area contributed by atoms with Gasteiger partial charge in [-0.25, -0.2) is 9.97 Å². The highest BCUT2D eigenvalue weighted by Gasteiger charge is 2.15. The third kappa shape index (κ3) is 2.80. The fraction of sp³-hybridized carbons (Fsp3) is 0.286. The molecule has 0 fully saturated rings. The molecule has 1 aliphatic rings. The smallest absolute Gasteiger partial charge is 0.188 e. The van der Waals surface area contributed by atoms with Gasteiger partial charge in [-0.15, -0.1) is 0 Å². The number of aryl methyl sites for hydroxylation is 1. The Morgan fingerprint density at radius 3 is 2.75 bits per heavy atom. The standard InChI is InChI=1S/C14H15N3O2S/c1-9-2-3-16-14(17-9)20-8-10-6-12-13(7-11(10)15)19-5-4-18-12/h2-3,6-7H,4-5,8,15H2,1H3. The van der Waals surface area contributed by atoms with E-state index in [1.807, 2.05) is 25.1 Å². The van der Waals surface area contributed by atoms with Crippen molar-refractivity contribution in [2.24, 2.45) is 0 Å². The lowest BCUT2D eigenvalue weighted by molar-refractivity contribution is 0.171. The highest BCUT2D eigenvalue weighted by atomic mass is 32.2. The SMILES string of the molecule is Cc1ccnc(SCc2cc3c(cc2N)OCCO3)n1. The van der Waals surface area contributed by atoms with Gasteiger partial charge in [0.25, 0.3) is 0 Å². The van der Waals surface area contributed by atoms with Crippen molar-refractivity contribution < 1.29 is 9.47 Å². The van der Waals surface area contributed by atoms with E-state index in [9.17, 15) is 0 Å². The van der Waals surface area contributed by atoms with Crippen molar-refractivity contribution in [1.29, 1.82) is 0 Å². The summed E-state index contributed by atoms with van der Waals surface area (Å²) in [5, 5.41) is 0.749. The Kier molecular flexibility index (Phi) is 3.64. The molecular formula is C14H15N3O2S. The van der Waals surface area contributed by atoms with Crippen LogP contribution < -0.4 is 15.2 Å². The Balaban J connectivity index is 1.77. The second kappa shape index (κ2) is 5.58. The first kappa shape index (κ1) is 13.1. The molecule has 20 heavy (non-hydrogen) atoms. The van der Waals surface area contributed by atoms with Gasteiger partial charge in [-0.05, 0) is 24.6 Å². The van der Waals surface area contributed by atoms with Crippen molar-refractivity contribution >= 4 is 17.4 Å². The predicted octanol–water partition coefficient (Wildman–Crippen LogP) is 2.43. The molecule has 0 radical (unpaired) electrons. The average molecular weight is 289 g/mol. The zero-order chi connectivity index (χ0) is 13.9. The molecule has 2 N–H and O–H groups in total. The fourth-order valence-corrected chi connectivity index (χ4v) is 2.79. The zero-order valence-corrected chi connectivity index (χ0v) is 11.9. The minimum atomic E-state index is 0.567. The molecule has 0 aliphatic carbocycles. The van der Waals surface area contributed by atoms with Gasteiger partial charge in [-0.1, -0.05) is 11.8 Å². The van der Waals surface area contributed by atoms with E-state index in [0.29, 0.717) is 30.4 Å². The van der Waals surface area contributed by atoms with Crippen LogP contribution in [0.3, 0.4) is 0 Å². The molecule has 0 atom stereocenters. The molecule has 2 aromatic rings. The lowest BCUT2D eigenvalue weighted by atomic mass is 10.2. The number of hydrogen-bond acceptors (Lipinski definition) is 6. The van der Waals surface area contributed by atoms with Crippen LogP contribution in [0, 0.1) is 6.92 Å². The van der Waals surface area contributed by atoms with E-state index in [1.54, 1.807) is 18.0 Å². The van der Waals surface area contributed by atoms with Crippen LogP contribution in [0.1, 0.15) is 11.3 Å². The molecule has 2 heterocycles. The molecular weight excluding hydrogens is 274 g/mol. The van der Waals surface area contributed by atoms with Crippen LogP contribution >= 0.6 is 11.8 Å². The number of nitrogens with two attached hydrogens (primary N) is 1. The molecule has 1 aliphatic heterocycles. The number of rotatable bonds is 3. The van der Waals surface area contributed by atoms with Crippen LogP contribution in [0.25, 0.3) is 0 Å². The average Bonchev–Trinajstić information content (AvgIpc) is 2.45. The maximum absolute atomic E-state index is 6.05. The number of fused-ring (bicyclic) bond motifs is 1. The van der Waals surface area contributed by atoms with Gasteiger partial charge in [0.05, 0.1) is 0 Å². The third-order valence-corrected chi connectivity index (χ3v) is 3.84. The molecule has 1 aromatic carbocycles. The Morgan fingerprint density at radius 1 is 1.25 bits per heavy atom. The lowest BCUT2D eigenvalue weighted by Gasteiger charge is -2.20. The Morgan fingerprint density at radius 2 is 2.00 bits per heavy atom.